The van der Waals surface area contributed by atoms with E-state index in [0.29, 0.717) is 0 Å². The van der Waals surface area contributed by atoms with Crippen LogP contribution in [0.5, 0.6) is 0 Å². The Balaban J connectivity index is 2.15. The van der Waals surface area contributed by atoms with E-state index in [4.69, 9.17) is 5.11 Å². The molecule has 0 aliphatic heterocycles. The SMILES string of the molecule is Cc1c(CNS(=O)(=O)c2ccc(C(=O)O)s2)cnn1C. The number of carboxylic acid groups (broad SMARTS) is 1. The van der Waals surface area contributed by atoms with Gasteiger partial charge in [-0.3, -0.25) is 4.68 Å². The van der Waals surface area contributed by atoms with Crippen molar-refractivity contribution in [2.45, 2.75) is 17.7 Å². The molecular formula is C11H13N3O4S2. The molecule has 0 aliphatic carbocycles. The van der Waals surface area contributed by atoms with Gasteiger partial charge in [0.15, 0.2) is 0 Å². The molecule has 0 saturated heterocycles. The molecule has 2 N–H and O–H groups in total. The van der Waals surface area contributed by atoms with Crippen molar-refractivity contribution in [3.8, 4) is 0 Å². The summed E-state index contributed by atoms with van der Waals surface area (Å²) in [5.74, 6) is -1.14. The van der Waals surface area contributed by atoms with Gasteiger partial charge in [-0.2, -0.15) is 5.10 Å². The van der Waals surface area contributed by atoms with E-state index in [1.165, 1.54) is 12.1 Å². The number of nitrogens with zero attached hydrogens (tertiary/aromatic N) is 2. The van der Waals surface area contributed by atoms with Crippen molar-refractivity contribution in [1.82, 2.24) is 14.5 Å². The van der Waals surface area contributed by atoms with Crippen molar-refractivity contribution in [2.75, 3.05) is 0 Å². The minimum absolute atomic E-state index is 0.0112. The van der Waals surface area contributed by atoms with Gasteiger partial charge in [-0.1, -0.05) is 0 Å². The van der Waals surface area contributed by atoms with Crippen LogP contribution in [0.15, 0.2) is 22.5 Å². The zero-order valence-electron chi connectivity index (χ0n) is 10.8. The van der Waals surface area contributed by atoms with Gasteiger partial charge in [-0.15, -0.1) is 11.3 Å². The molecule has 0 aliphatic rings. The molecule has 20 heavy (non-hydrogen) atoms. The van der Waals surface area contributed by atoms with Crippen molar-refractivity contribution >= 4 is 27.3 Å². The number of sulfonamides is 1. The summed E-state index contributed by atoms with van der Waals surface area (Å²) in [6, 6.07) is 2.56. The third-order valence-corrected chi connectivity index (χ3v) is 5.81. The van der Waals surface area contributed by atoms with Crippen LogP contribution < -0.4 is 4.72 Å². The van der Waals surface area contributed by atoms with Crippen LogP contribution in [0.25, 0.3) is 0 Å². The third-order valence-electron chi connectivity index (χ3n) is 2.85. The summed E-state index contributed by atoms with van der Waals surface area (Å²) in [7, 11) is -1.94. The molecule has 0 fully saturated rings. The maximum absolute atomic E-state index is 12.0. The summed E-state index contributed by atoms with van der Waals surface area (Å²) in [4.78, 5) is 10.7. The Bertz CT molecular complexity index is 746. The monoisotopic (exact) mass is 315 g/mol. The topological polar surface area (TPSA) is 101 Å². The predicted octanol–water partition coefficient (Wildman–Crippen LogP) is 0.967. The molecule has 0 aromatic carbocycles. The molecule has 0 spiro atoms. The molecule has 2 aromatic heterocycles. The Morgan fingerprint density at radius 2 is 2.20 bits per heavy atom. The number of aromatic nitrogens is 2. The maximum Gasteiger partial charge on any atom is 0.345 e. The minimum Gasteiger partial charge on any atom is -0.477 e. The second kappa shape index (κ2) is 5.35. The number of carboxylic acids is 1. The molecular weight excluding hydrogens is 302 g/mol. The van der Waals surface area contributed by atoms with Crippen LogP contribution in [0.1, 0.15) is 20.9 Å². The number of aromatic carboxylic acids is 1. The fourth-order valence-corrected chi connectivity index (χ4v) is 3.74. The number of rotatable bonds is 5. The Labute approximate surface area is 119 Å². The molecule has 2 rings (SSSR count). The highest BCUT2D eigenvalue weighted by Crippen LogP contribution is 2.21. The standard InChI is InChI=1S/C11H13N3O4S2/c1-7-8(5-12-14(7)2)6-13-20(17,18)10-4-3-9(19-10)11(15)16/h3-5,13H,6H2,1-2H3,(H,15,16). The maximum atomic E-state index is 12.0. The highest BCUT2D eigenvalue weighted by Gasteiger charge is 2.19. The summed E-state index contributed by atoms with van der Waals surface area (Å²) < 4.78 is 28.1. The van der Waals surface area contributed by atoms with Gasteiger partial charge in [-0.25, -0.2) is 17.9 Å². The molecule has 0 radical (unpaired) electrons. The fourth-order valence-electron chi connectivity index (χ4n) is 1.54. The van der Waals surface area contributed by atoms with E-state index in [1.807, 2.05) is 6.92 Å². The zero-order valence-corrected chi connectivity index (χ0v) is 12.5. The Morgan fingerprint density at radius 3 is 2.70 bits per heavy atom. The lowest BCUT2D eigenvalue weighted by molar-refractivity contribution is 0.0702. The molecule has 9 heteroatoms. The first-order valence-corrected chi connectivity index (χ1v) is 7.91. The van der Waals surface area contributed by atoms with Gasteiger partial charge in [0.1, 0.15) is 9.09 Å². The van der Waals surface area contributed by atoms with Crippen LogP contribution in [-0.2, 0) is 23.6 Å². The number of thiophene rings is 1. The summed E-state index contributed by atoms with van der Waals surface area (Å²) in [6.45, 7) is 1.95. The number of nitrogens with one attached hydrogen (secondary N) is 1. The molecule has 0 atom stereocenters. The van der Waals surface area contributed by atoms with Gasteiger partial charge in [0.25, 0.3) is 0 Å². The van der Waals surface area contributed by atoms with Gasteiger partial charge >= 0.3 is 5.97 Å². The van der Waals surface area contributed by atoms with Crippen LogP contribution in [0, 0.1) is 6.92 Å². The van der Waals surface area contributed by atoms with E-state index >= 15 is 0 Å². The minimum atomic E-state index is -3.71. The van der Waals surface area contributed by atoms with Crippen molar-refractivity contribution in [2.24, 2.45) is 7.05 Å². The predicted molar refractivity (Wildman–Crippen MR) is 73.2 cm³/mol. The second-order valence-electron chi connectivity index (χ2n) is 4.13. The van der Waals surface area contributed by atoms with Gasteiger partial charge in [0.2, 0.25) is 10.0 Å². The second-order valence-corrected chi connectivity index (χ2v) is 7.20. The van der Waals surface area contributed by atoms with E-state index in [1.54, 1.807) is 17.9 Å². The molecule has 7 nitrogen and oxygen atoms in total. The van der Waals surface area contributed by atoms with Crippen molar-refractivity contribution in [3.63, 3.8) is 0 Å². The molecule has 0 bridgehead atoms. The Hall–Kier alpha value is -1.71. The summed E-state index contributed by atoms with van der Waals surface area (Å²) >= 11 is 0.722. The van der Waals surface area contributed by atoms with Gasteiger partial charge in [-0.05, 0) is 19.1 Å². The molecule has 0 unspecified atom stereocenters. The summed E-state index contributed by atoms with van der Waals surface area (Å²) in [5.41, 5.74) is 1.64. The average molecular weight is 315 g/mol. The van der Waals surface area contributed by atoms with E-state index in [2.05, 4.69) is 9.82 Å². The summed E-state index contributed by atoms with van der Waals surface area (Å²) in [5, 5.41) is 12.8. The summed E-state index contributed by atoms with van der Waals surface area (Å²) in [6.07, 6.45) is 1.59. The first-order valence-electron chi connectivity index (χ1n) is 5.61. The van der Waals surface area contributed by atoms with Crippen LogP contribution >= 0.6 is 11.3 Å². The molecule has 0 amide bonds. The Kier molecular flexibility index (Phi) is 3.93. The number of hydrogen-bond donors (Lipinski definition) is 2. The van der Waals surface area contributed by atoms with Crippen molar-refractivity contribution in [1.29, 1.82) is 0 Å². The van der Waals surface area contributed by atoms with E-state index < -0.39 is 16.0 Å². The normalized spacial score (nSPS) is 11.7. The van der Waals surface area contributed by atoms with Gasteiger partial charge < -0.3 is 5.11 Å². The van der Waals surface area contributed by atoms with Gasteiger partial charge in [0.05, 0.1) is 6.20 Å². The number of hydrogen-bond acceptors (Lipinski definition) is 5. The molecule has 108 valence electrons. The first kappa shape index (κ1) is 14.7. The quantitative estimate of drug-likeness (QED) is 0.856. The zero-order chi connectivity index (χ0) is 14.9. The van der Waals surface area contributed by atoms with Crippen molar-refractivity contribution in [3.05, 3.63) is 34.5 Å². The number of aryl methyl sites for hydroxylation is 1. The molecule has 0 saturated carbocycles. The van der Waals surface area contributed by atoms with Crippen LogP contribution in [0.3, 0.4) is 0 Å². The largest absolute Gasteiger partial charge is 0.477 e. The highest BCUT2D eigenvalue weighted by molar-refractivity contribution is 7.91. The van der Waals surface area contributed by atoms with Crippen molar-refractivity contribution < 1.29 is 18.3 Å². The molecule has 2 heterocycles. The van der Waals surface area contributed by atoms with Gasteiger partial charge in [0, 0.05) is 24.8 Å². The average Bonchev–Trinajstić information content (AvgIpc) is 2.97. The van der Waals surface area contributed by atoms with Crippen LogP contribution in [0.2, 0.25) is 0 Å². The van der Waals surface area contributed by atoms with E-state index in [-0.39, 0.29) is 15.6 Å². The van der Waals surface area contributed by atoms with E-state index in [0.717, 1.165) is 22.6 Å². The van der Waals surface area contributed by atoms with E-state index in [9.17, 15) is 13.2 Å². The lowest BCUT2D eigenvalue weighted by Crippen LogP contribution is -2.22. The van der Waals surface area contributed by atoms with Crippen LogP contribution in [0.4, 0.5) is 0 Å². The van der Waals surface area contributed by atoms with Crippen LogP contribution in [-0.4, -0.2) is 29.3 Å². The number of carbonyl (C=O) groups is 1. The Morgan fingerprint density at radius 1 is 1.50 bits per heavy atom. The highest BCUT2D eigenvalue weighted by atomic mass is 32.2. The third kappa shape index (κ3) is 2.89. The fraction of sp³-hybridized carbons (Fsp3) is 0.273. The molecule has 2 aromatic rings. The lowest BCUT2D eigenvalue weighted by Gasteiger charge is -2.04. The smallest absolute Gasteiger partial charge is 0.345 e. The lowest BCUT2D eigenvalue weighted by atomic mass is 10.3. The first-order chi connectivity index (χ1) is 9.31.